The number of ether oxygens (including phenoxy) is 1. The van der Waals surface area contributed by atoms with Crippen LogP contribution in [0.1, 0.15) is 29.9 Å². The second kappa shape index (κ2) is 16.1. The molecular weight excluding hydrogens is 853 g/mol. The molecule has 2 heterocycles. The van der Waals surface area contributed by atoms with E-state index in [4.69, 9.17) is 4.74 Å². The van der Waals surface area contributed by atoms with Crippen LogP contribution < -0.4 is 24.3 Å². The summed E-state index contributed by atoms with van der Waals surface area (Å²) in [6.45, 7) is 0.133. The zero-order valence-corrected chi connectivity index (χ0v) is 34.9. The number of anilines is 4. The smallest absolute Gasteiger partial charge is 0.301 e. The molecule has 4 aromatic rings. The van der Waals surface area contributed by atoms with Crippen molar-refractivity contribution in [3.05, 3.63) is 136 Å². The molecule has 0 bridgehead atoms. The fourth-order valence-corrected chi connectivity index (χ4v) is 9.97. The molecule has 334 valence electrons. The molecule has 4 aromatic carbocycles. The second-order valence-electron chi connectivity index (χ2n) is 16.5. The molecule has 22 heteroatoms. The van der Waals surface area contributed by atoms with Gasteiger partial charge in [0.05, 0.1) is 54.7 Å². The Morgan fingerprint density at radius 2 is 1.11 bits per heavy atom. The second-order valence-corrected chi connectivity index (χ2v) is 16.5. The van der Waals surface area contributed by atoms with Crippen molar-refractivity contribution in [1.82, 2.24) is 0 Å². The van der Waals surface area contributed by atoms with Crippen molar-refractivity contribution in [2.45, 2.75) is 25.4 Å². The maximum absolute atomic E-state index is 14.8. The van der Waals surface area contributed by atoms with Crippen molar-refractivity contribution in [2.24, 2.45) is 29.6 Å². The van der Waals surface area contributed by atoms with Gasteiger partial charge in [-0.25, -0.2) is 9.80 Å². The summed E-state index contributed by atoms with van der Waals surface area (Å²) in [4.78, 5) is 108. The number of phenols is 1. The van der Waals surface area contributed by atoms with Crippen molar-refractivity contribution in [3.63, 3.8) is 0 Å². The molecule has 22 nitrogen and oxygen atoms in total. The zero-order chi connectivity index (χ0) is 46.9. The summed E-state index contributed by atoms with van der Waals surface area (Å²) in [5.41, 5.74) is -3.29. The number of benzene rings is 4. The number of carbonyl (C=O) groups excluding carboxylic acids is 4. The summed E-state index contributed by atoms with van der Waals surface area (Å²) >= 11 is 0. The van der Waals surface area contributed by atoms with Crippen molar-refractivity contribution < 1.29 is 48.7 Å². The van der Waals surface area contributed by atoms with Crippen LogP contribution in [0.3, 0.4) is 0 Å². The van der Waals surface area contributed by atoms with Crippen LogP contribution in [0.2, 0.25) is 0 Å². The number of phenolic OH excluding ortho intramolecular Hbond substituents is 1. The number of rotatable bonds is 12. The summed E-state index contributed by atoms with van der Waals surface area (Å²) in [5.74, 6) is -10.8. The molecule has 65 heavy (non-hydrogen) atoms. The number of allylic oxidation sites excluding steroid dienone is 2. The van der Waals surface area contributed by atoms with E-state index in [-0.39, 0.29) is 47.9 Å². The number of fused-ring (bicyclic) bond motifs is 4. The van der Waals surface area contributed by atoms with Crippen molar-refractivity contribution >= 4 is 69.1 Å². The zero-order valence-electron chi connectivity index (χ0n) is 34.9. The lowest BCUT2D eigenvalue weighted by Crippen LogP contribution is -2.43. The predicted molar refractivity (Wildman–Crippen MR) is 230 cm³/mol. The van der Waals surface area contributed by atoms with E-state index in [0.29, 0.717) is 15.4 Å². The Morgan fingerprint density at radius 3 is 1.57 bits per heavy atom. The average molecular weight is 891 g/mol. The Balaban J connectivity index is 1.24. The first kappa shape index (κ1) is 43.4. The number of hydrogen-bond acceptors (Lipinski definition) is 16. The number of nitro groups is 4. The SMILES string of the molecule is CN(C)c1c([N+](=O)[O-])cc(N2C(=O)C3CC=C4C(CC5C(=O)N(c6cc([N+](=O)[O-])c(N(C)C)c([N+](=O)[O-])c6)C(=O)C5C4c4ccc(OCc5ccccc5)cc4O)C3C2=O)cc1[N+](=O)[O-]. The maximum Gasteiger partial charge on any atom is 0.301 e. The van der Waals surface area contributed by atoms with Crippen LogP contribution in [0, 0.1) is 70.0 Å². The lowest BCUT2D eigenvalue weighted by atomic mass is 9.57. The molecule has 6 unspecified atom stereocenters. The van der Waals surface area contributed by atoms with E-state index in [1.54, 1.807) is 6.08 Å². The Kier molecular flexibility index (Phi) is 10.7. The topological polar surface area (TPSA) is 283 Å². The largest absolute Gasteiger partial charge is 0.508 e. The lowest BCUT2D eigenvalue weighted by molar-refractivity contribution is -0.392. The molecule has 0 radical (unpaired) electrons. The minimum atomic E-state index is -1.33. The van der Waals surface area contributed by atoms with Gasteiger partial charge >= 0.3 is 22.7 Å². The van der Waals surface area contributed by atoms with E-state index in [2.05, 4.69) is 0 Å². The third-order valence-electron chi connectivity index (χ3n) is 12.5. The molecule has 2 aliphatic carbocycles. The molecule has 8 rings (SSSR count). The molecule has 1 saturated carbocycles. The van der Waals surface area contributed by atoms with Gasteiger partial charge in [-0.3, -0.25) is 59.6 Å². The minimum absolute atomic E-state index is 0.110. The first-order valence-electron chi connectivity index (χ1n) is 20.1. The van der Waals surface area contributed by atoms with Crippen LogP contribution in [0.5, 0.6) is 11.5 Å². The van der Waals surface area contributed by atoms with Crippen LogP contribution in [0.15, 0.2) is 84.4 Å². The molecule has 4 aliphatic rings. The van der Waals surface area contributed by atoms with E-state index >= 15 is 0 Å². The molecule has 6 atom stereocenters. The highest BCUT2D eigenvalue weighted by molar-refractivity contribution is 6.24. The Hall–Kier alpha value is -8.30. The minimum Gasteiger partial charge on any atom is -0.508 e. The summed E-state index contributed by atoms with van der Waals surface area (Å²) < 4.78 is 5.92. The highest BCUT2D eigenvalue weighted by Crippen LogP contribution is 2.60. The van der Waals surface area contributed by atoms with Crippen LogP contribution in [-0.2, 0) is 25.8 Å². The van der Waals surface area contributed by atoms with Crippen LogP contribution >= 0.6 is 0 Å². The van der Waals surface area contributed by atoms with Gasteiger partial charge in [0, 0.05) is 70.0 Å². The molecule has 4 amide bonds. The summed E-state index contributed by atoms with van der Waals surface area (Å²) in [6.07, 6.45) is 1.28. The van der Waals surface area contributed by atoms with Gasteiger partial charge in [-0.2, -0.15) is 0 Å². The lowest BCUT2D eigenvalue weighted by Gasteiger charge is -2.44. The van der Waals surface area contributed by atoms with Crippen molar-refractivity contribution in [1.29, 1.82) is 0 Å². The summed E-state index contributed by atoms with van der Waals surface area (Å²) in [5, 5.41) is 60.8. The van der Waals surface area contributed by atoms with Crippen molar-refractivity contribution in [3.8, 4) is 11.5 Å². The number of nitro benzene ring substituents is 4. The van der Waals surface area contributed by atoms with Crippen LogP contribution in [0.25, 0.3) is 0 Å². The third kappa shape index (κ3) is 7.07. The first-order valence-corrected chi connectivity index (χ1v) is 20.1. The number of hydrogen-bond donors (Lipinski definition) is 1. The monoisotopic (exact) mass is 890 g/mol. The Bertz CT molecular complexity index is 2740. The number of carbonyl (C=O) groups is 4. The number of amides is 4. The van der Waals surface area contributed by atoms with Crippen LogP contribution in [-0.4, -0.2) is 76.6 Å². The van der Waals surface area contributed by atoms with Gasteiger partial charge in [-0.15, -0.1) is 0 Å². The maximum atomic E-state index is 14.8. The van der Waals surface area contributed by atoms with E-state index in [1.165, 1.54) is 46.4 Å². The highest BCUT2D eigenvalue weighted by Gasteiger charge is 2.63. The van der Waals surface area contributed by atoms with Gasteiger partial charge in [0.1, 0.15) is 18.1 Å². The van der Waals surface area contributed by atoms with E-state index < -0.39 is 113 Å². The van der Waals surface area contributed by atoms with Gasteiger partial charge in [0.2, 0.25) is 23.6 Å². The fourth-order valence-electron chi connectivity index (χ4n) is 9.97. The van der Waals surface area contributed by atoms with Gasteiger partial charge in [-0.05, 0) is 30.4 Å². The third-order valence-corrected chi connectivity index (χ3v) is 12.5. The Morgan fingerprint density at radius 1 is 0.631 bits per heavy atom. The van der Waals surface area contributed by atoms with E-state index in [0.717, 1.165) is 39.6 Å². The number of imide groups is 2. The standard InChI is InChI=1S/C43H38N8O14/c1-44(2)38-30(48(57)58)14-22(15-31(38)49(59)60)46-40(53)27-13-12-25-28(36(27)42(46)55)19-29-37(35(25)26-11-10-24(18-34(26)52)65-20-21-8-6-5-7-9-21)43(56)47(41(29)54)23-16-32(50(61)62)39(45(3)4)33(17-23)51(63)64/h5-12,14-18,27-29,35-37,52H,13,19-20H2,1-4H3. The van der Waals surface area contributed by atoms with E-state index in [1.807, 2.05) is 30.3 Å². The summed E-state index contributed by atoms with van der Waals surface area (Å²) in [6, 6.07) is 17.1. The predicted octanol–water partition coefficient (Wildman–Crippen LogP) is 5.78. The number of aromatic hydroxyl groups is 1. The van der Waals surface area contributed by atoms with Gasteiger partial charge < -0.3 is 19.6 Å². The number of nitrogens with zero attached hydrogens (tertiary/aromatic N) is 8. The molecular formula is C43H38N8O14. The molecule has 0 aromatic heterocycles. The molecule has 3 fully saturated rings. The summed E-state index contributed by atoms with van der Waals surface area (Å²) in [7, 11) is 5.42. The molecule has 2 saturated heterocycles. The Labute approximate surface area is 367 Å². The van der Waals surface area contributed by atoms with Gasteiger partial charge in [0.15, 0.2) is 11.4 Å². The van der Waals surface area contributed by atoms with Gasteiger partial charge in [-0.1, -0.05) is 48.0 Å². The quantitative estimate of drug-likeness (QED) is 0.0763. The van der Waals surface area contributed by atoms with Gasteiger partial charge in [0.25, 0.3) is 0 Å². The fraction of sp³-hybridized carbons (Fsp3) is 0.302. The van der Waals surface area contributed by atoms with Crippen molar-refractivity contribution in [2.75, 3.05) is 47.8 Å². The molecule has 0 spiro atoms. The molecule has 2 aliphatic heterocycles. The average Bonchev–Trinajstić information content (AvgIpc) is 3.67. The van der Waals surface area contributed by atoms with E-state index in [9.17, 15) is 64.7 Å². The first-order chi connectivity index (χ1) is 30.8. The normalized spacial score (nSPS) is 22.2. The highest BCUT2D eigenvalue weighted by atomic mass is 16.6. The molecule has 1 N–H and O–H groups in total. The van der Waals surface area contributed by atoms with Crippen LogP contribution in [0.4, 0.5) is 45.5 Å².